The number of hydrogen-bond acceptors (Lipinski definition) is 5. The highest BCUT2D eigenvalue weighted by atomic mass is 32.2. The first kappa shape index (κ1) is 26.9. The number of ether oxygens (including phenoxy) is 3. The van der Waals surface area contributed by atoms with E-state index in [0.717, 1.165) is 61.7 Å². The Kier molecular flexibility index (Phi) is 6.32. The van der Waals surface area contributed by atoms with Crippen molar-refractivity contribution in [3.63, 3.8) is 0 Å². The van der Waals surface area contributed by atoms with Gasteiger partial charge in [0.15, 0.2) is 0 Å². The van der Waals surface area contributed by atoms with Gasteiger partial charge in [-0.25, -0.2) is 12.4 Å². The maximum Gasteiger partial charge on any atom is 0.268 e. The monoisotopic (exact) mass is 590 g/mol. The highest BCUT2D eigenvalue weighted by Gasteiger charge is 2.24. The van der Waals surface area contributed by atoms with Gasteiger partial charge in [0.2, 0.25) is 0 Å². The lowest BCUT2D eigenvalue weighted by molar-refractivity contribution is 0.415. The molecule has 7 nitrogen and oxygen atoms in total. The van der Waals surface area contributed by atoms with Crippen LogP contribution in [-0.4, -0.2) is 38.3 Å². The maximum absolute atomic E-state index is 14.3. The molecule has 7 aromatic rings. The second kappa shape index (κ2) is 10.1. The van der Waals surface area contributed by atoms with Gasteiger partial charge < -0.3 is 18.8 Å². The van der Waals surface area contributed by atoms with Gasteiger partial charge in [-0.05, 0) is 103 Å². The summed E-state index contributed by atoms with van der Waals surface area (Å²) in [5.41, 5.74) is 5.17. The van der Waals surface area contributed by atoms with Crippen LogP contribution in [0, 0.1) is 0 Å². The van der Waals surface area contributed by atoms with Gasteiger partial charge >= 0.3 is 0 Å². The van der Waals surface area contributed by atoms with Crippen molar-refractivity contribution < 1.29 is 22.6 Å². The summed E-state index contributed by atoms with van der Waals surface area (Å²) >= 11 is 0. The molecule has 8 heteroatoms. The predicted octanol–water partition coefficient (Wildman–Crippen LogP) is 7.72. The Morgan fingerprint density at radius 2 is 1.00 bits per heavy atom. The van der Waals surface area contributed by atoms with Crippen LogP contribution in [-0.2, 0) is 16.4 Å². The van der Waals surface area contributed by atoms with Crippen molar-refractivity contribution >= 4 is 53.6 Å². The molecule has 0 radical (unpaired) electrons. The highest BCUT2D eigenvalue weighted by molar-refractivity contribution is 7.90. The largest absolute Gasteiger partial charge is 0.497 e. The summed E-state index contributed by atoms with van der Waals surface area (Å²) in [7, 11) is 0.967. The molecule has 216 valence electrons. The molecule has 0 bridgehead atoms. The van der Waals surface area contributed by atoms with E-state index in [-0.39, 0.29) is 4.90 Å². The van der Waals surface area contributed by atoms with Crippen LogP contribution >= 0.6 is 0 Å². The minimum Gasteiger partial charge on any atom is -0.497 e. The topological polar surface area (TPSA) is 71.7 Å². The van der Waals surface area contributed by atoms with E-state index >= 15 is 0 Å². The van der Waals surface area contributed by atoms with Gasteiger partial charge in [-0.3, -0.25) is 0 Å². The first-order valence-electron chi connectivity index (χ1n) is 14.0. The molecule has 0 aliphatic carbocycles. The molecule has 0 aliphatic heterocycles. The smallest absolute Gasteiger partial charge is 0.268 e. The summed E-state index contributed by atoms with van der Waals surface area (Å²) in [6.45, 7) is 2.09. The Labute approximate surface area is 249 Å². The molecule has 0 N–H and O–H groups in total. The third-order valence-electron chi connectivity index (χ3n) is 8.21. The molecule has 0 saturated carbocycles. The molecule has 2 aromatic heterocycles. The quantitative estimate of drug-likeness (QED) is 0.190. The van der Waals surface area contributed by atoms with Gasteiger partial charge in [-0.1, -0.05) is 13.0 Å². The molecule has 0 amide bonds. The molecule has 0 atom stereocenters. The second-order valence-electron chi connectivity index (χ2n) is 10.5. The molecule has 0 unspecified atom stereocenters. The molecule has 0 fully saturated rings. The minimum absolute atomic E-state index is 0.203. The van der Waals surface area contributed by atoms with E-state index in [1.54, 1.807) is 39.5 Å². The summed E-state index contributed by atoms with van der Waals surface area (Å²) in [5.74, 6) is 2.19. The third-order valence-corrected chi connectivity index (χ3v) is 9.96. The van der Waals surface area contributed by atoms with E-state index in [9.17, 15) is 8.42 Å². The first-order valence-corrected chi connectivity index (χ1v) is 15.4. The Bertz CT molecular complexity index is 2180. The SMILES string of the molecule is CCc1ccc2c(c1)c1cc(OC)ccc1n2S(=O)(=O)c1ccc(-n2c3ccc(OC)cc3c3cc(OC)ccc32)cc1. The number of benzene rings is 5. The molecule has 5 aromatic carbocycles. The minimum atomic E-state index is -3.94. The number of rotatable bonds is 7. The van der Waals surface area contributed by atoms with Crippen LogP contribution < -0.4 is 14.2 Å². The average Bonchev–Trinajstić information content (AvgIpc) is 3.56. The number of fused-ring (bicyclic) bond motifs is 6. The van der Waals surface area contributed by atoms with Crippen molar-refractivity contribution in [2.75, 3.05) is 21.3 Å². The number of nitrogens with zero attached hydrogens (tertiary/aromatic N) is 2. The van der Waals surface area contributed by atoms with Crippen molar-refractivity contribution in [1.82, 2.24) is 8.54 Å². The lowest BCUT2D eigenvalue weighted by atomic mass is 10.1. The number of aromatic nitrogens is 2. The maximum atomic E-state index is 14.3. The van der Waals surface area contributed by atoms with Gasteiger partial charge in [0.1, 0.15) is 17.2 Å². The summed E-state index contributed by atoms with van der Waals surface area (Å²) < 4.78 is 48.6. The zero-order valence-corrected chi connectivity index (χ0v) is 25.1. The fraction of sp³-hybridized carbons (Fsp3) is 0.143. The van der Waals surface area contributed by atoms with Crippen molar-refractivity contribution in [2.45, 2.75) is 18.2 Å². The van der Waals surface area contributed by atoms with Gasteiger partial charge in [0.05, 0.1) is 48.3 Å². The number of aryl methyl sites for hydroxylation is 1. The lowest BCUT2D eigenvalue weighted by Gasteiger charge is -2.12. The summed E-state index contributed by atoms with van der Waals surface area (Å²) in [4.78, 5) is 0.203. The normalized spacial score (nSPS) is 12.0. The van der Waals surface area contributed by atoms with Crippen LogP contribution in [0.3, 0.4) is 0 Å². The fourth-order valence-electron chi connectivity index (χ4n) is 6.01. The van der Waals surface area contributed by atoms with Crippen LogP contribution in [0.4, 0.5) is 0 Å². The summed E-state index contributed by atoms with van der Waals surface area (Å²) in [5, 5.41) is 3.74. The van der Waals surface area contributed by atoms with Crippen LogP contribution in [0.5, 0.6) is 17.2 Å². The Balaban J connectivity index is 1.40. The summed E-state index contributed by atoms with van der Waals surface area (Å²) in [6.07, 6.45) is 0.850. The van der Waals surface area contributed by atoms with Crippen molar-refractivity contribution in [2.24, 2.45) is 0 Å². The van der Waals surface area contributed by atoms with E-state index in [4.69, 9.17) is 14.2 Å². The Morgan fingerprint density at radius 1 is 0.558 bits per heavy atom. The zero-order valence-electron chi connectivity index (χ0n) is 24.3. The Hall–Kier alpha value is -4.95. The fourth-order valence-corrected chi connectivity index (χ4v) is 7.53. The van der Waals surface area contributed by atoms with E-state index in [1.165, 1.54) is 3.97 Å². The first-order chi connectivity index (χ1) is 20.9. The van der Waals surface area contributed by atoms with Gasteiger partial charge in [-0.2, -0.15) is 0 Å². The highest BCUT2D eigenvalue weighted by Crippen LogP contribution is 2.38. The number of hydrogen-bond donors (Lipinski definition) is 0. The lowest BCUT2D eigenvalue weighted by Crippen LogP contribution is -2.13. The molecule has 43 heavy (non-hydrogen) atoms. The van der Waals surface area contributed by atoms with E-state index in [1.807, 2.05) is 72.8 Å². The van der Waals surface area contributed by atoms with E-state index in [2.05, 4.69) is 17.6 Å². The second-order valence-corrected chi connectivity index (χ2v) is 12.2. The van der Waals surface area contributed by atoms with Crippen molar-refractivity contribution in [3.8, 4) is 22.9 Å². The molecule has 0 aliphatic rings. The van der Waals surface area contributed by atoms with Crippen LogP contribution in [0.2, 0.25) is 0 Å². The van der Waals surface area contributed by atoms with Crippen LogP contribution in [0.15, 0.2) is 102 Å². The predicted molar refractivity (Wildman–Crippen MR) is 172 cm³/mol. The third kappa shape index (κ3) is 4.12. The van der Waals surface area contributed by atoms with E-state index < -0.39 is 10.0 Å². The van der Waals surface area contributed by atoms with Crippen molar-refractivity contribution in [1.29, 1.82) is 0 Å². The summed E-state index contributed by atoms with van der Waals surface area (Å²) in [6, 6.07) is 30.4. The van der Waals surface area contributed by atoms with Crippen LogP contribution in [0.1, 0.15) is 12.5 Å². The average molecular weight is 591 g/mol. The van der Waals surface area contributed by atoms with Gasteiger partial charge in [0.25, 0.3) is 10.0 Å². The molecule has 2 heterocycles. The van der Waals surface area contributed by atoms with Gasteiger partial charge in [-0.15, -0.1) is 0 Å². The molecular weight excluding hydrogens is 560 g/mol. The standard InChI is InChI=1S/C35H30N2O5S/c1-5-22-6-14-34-28(18-22)31-21-26(42-4)11-17-35(31)37(34)43(38,39)27-12-7-23(8-13-27)36-32-15-9-24(40-2)19-29(32)30-20-25(41-3)10-16-33(30)36/h6-21H,5H2,1-4H3. The van der Waals surface area contributed by atoms with Crippen molar-refractivity contribution in [3.05, 3.63) is 103 Å². The van der Waals surface area contributed by atoms with E-state index in [0.29, 0.717) is 16.8 Å². The molecule has 0 spiro atoms. The molecular formula is C35H30N2O5S. The molecule has 0 saturated heterocycles. The number of methoxy groups -OCH3 is 3. The zero-order chi connectivity index (χ0) is 29.9. The Morgan fingerprint density at radius 3 is 1.49 bits per heavy atom. The van der Waals surface area contributed by atoms with Crippen LogP contribution in [0.25, 0.3) is 49.3 Å². The van der Waals surface area contributed by atoms with Gasteiger partial charge in [0, 0.05) is 27.2 Å². The molecule has 7 rings (SSSR count).